The summed E-state index contributed by atoms with van der Waals surface area (Å²) in [5.41, 5.74) is 0.0500. The number of fused-ring (bicyclic) bond motifs is 1. The van der Waals surface area contributed by atoms with Crippen molar-refractivity contribution in [3.63, 3.8) is 0 Å². The number of nitrogens with zero attached hydrogens (tertiary/aromatic N) is 1. The molecule has 2 aliphatic rings. The van der Waals surface area contributed by atoms with Crippen LogP contribution in [-0.2, 0) is 14.3 Å². The van der Waals surface area contributed by atoms with Gasteiger partial charge in [-0.1, -0.05) is 11.8 Å². The summed E-state index contributed by atoms with van der Waals surface area (Å²) in [4.78, 5) is 35.2. The fourth-order valence-electron chi connectivity index (χ4n) is 2.00. The molecule has 1 atom stereocenters. The molecule has 2 aliphatic heterocycles. The lowest BCUT2D eigenvalue weighted by Gasteiger charge is -2.34. The molecule has 0 aromatic heterocycles. The summed E-state index contributed by atoms with van der Waals surface area (Å²) in [6.07, 6.45) is 1.70. The summed E-state index contributed by atoms with van der Waals surface area (Å²) in [6.45, 7) is 0. The maximum atomic E-state index is 11.4. The van der Waals surface area contributed by atoms with E-state index in [9.17, 15) is 14.4 Å². The van der Waals surface area contributed by atoms with Crippen LogP contribution < -0.4 is 5.32 Å². The number of carbonyl (C=O) groups is 3. The number of ether oxygens (including phenoxy) is 1. The highest BCUT2D eigenvalue weighted by Gasteiger charge is 2.47. The summed E-state index contributed by atoms with van der Waals surface area (Å²) in [7, 11) is 1.24. The number of amides is 2. The molecule has 1 unspecified atom stereocenters. The van der Waals surface area contributed by atoms with Gasteiger partial charge in [0.25, 0.3) is 0 Å². The van der Waals surface area contributed by atoms with Gasteiger partial charge >= 0.3 is 12.1 Å². The molecule has 2 N–H and O–H groups in total. The van der Waals surface area contributed by atoms with Gasteiger partial charge in [0, 0.05) is 23.9 Å². The lowest BCUT2D eigenvalue weighted by molar-refractivity contribution is -0.147. The Hall–Kier alpha value is -1.96. The summed E-state index contributed by atoms with van der Waals surface area (Å²) in [5, 5.41) is 13.0. The van der Waals surface area contributed by atoms with Crippen molar-refractivity contribution in [3.8, 4) is 0 Å². The van der Waals surface area contributed by atoms with Crippen LogP contribution in [0.3, 0.4) is 0 Å². The lowest BCUT2D eigenvalue weighted by atomic mass is 10.0. The molecule has 7 nitrogen and oxygen atoms in total. The van der Waals surface area contributed by atoms with E-state index >= 15 is 0 Å². The van der Waals surface area contributed by atoms with Gasteiger partial charge in [-0.3, -0.25) is 10.1 Å². The molecule has 102 valence electrons. The third-order valence-electron chi connectivity index (χ3n) is 2.84. The van der Waals surface area contributed by atoms with Crippen molar-refractivity contribution in [1.29, 1.82) is 0 Å². The third kappa shape index (κ3) is 2.58. The van der Waals surface area contributed by atoms with Gasteiger partial charge in [-0.2, -0.15) is 0 Å². The Bertz CT molecular complexity index is 499. The van der Waals surface area contributed by atoms with E-state index in [1.165, 1.54) is 30.0 Å². The quantitative estimate of drug-likeness (QED) is 0.743. The highest BCUT2D eigenvalue weighted by Crippen LogP contribution is 2.43. The number of methoxy groups -OCH3 is 1. The van der Waals surface area contributed by atoms with E-state index in [2.05, 4.69) is 10.1 Å². The number of rotatable bonds is 4. The highest BCUT2D eigenvalue weighted by molar-refractivity contribution is 8.05. The number of hydrogen-bond acceptors (Lipinski definition) is 5. The third-order valence-corrected chi connectivity index (χ3v) is 3.75. The first-order chi connectivity index (χ1) is 9.04. The van der Waals surface area contributed by atoms with Crippen LogP contribution in [0.2, 0.25) is 0 Å². The van der Waals surface area contributed by atoms with Gasteiger partial charge in [-0.05, 0) is 5.41 Å². The van der Waals surface area contributed by atoms with E-state index in [0.29, 0.717) is 17.7 Å². The van der Waals surface area contributed by atoms with E-state index < -0.39 is 12.1 Å². The zero-order valence-corrected chi connectivity index (χ0v) is 10.9. The van der Waals surface area contributed by atoms with Crippen LogP contribution in [-0.4, -0.2) is 41.1 Å². The van der Waals surface area contributed by atoms with Crippen molar-refractivity contribution in [2.45, 2.75) is 18.9 Å². The molecule has 2 heterocycles. The summed E-state index contributed by atoms with van der Waals surface area (Å²) in [6, 6.07) is -0.0249. The molecule has 0 saturated carbocycles. The van der Waals surface area contributed by atoms with E-state index in [1.807, 2.05) is 0 Å². The number of thioether (sulfide) groups is 1. The second-order valence-electron chi connectivity index (χ2n) is 3.96. The van der Waals surface area contributed by atoms with Crippen LogP contribution >= 0.6 is 11.8 Å². The molecule has 0 aromatic rings. The Kier molecular flexibility index (Phi) is 3.79. The first-order valence-electron chi connectivity index (χ1n) is 5.49. The van der Waals surface area contributed by atoms with Gasteiger partial charge in [0.2, 0.25) is 5.91 Å². The molecular weight excluding hydrogens is 272 g/mol. The van der Waals surface area contributed by atoms with Gasteiger partial charge in [0.05, 0.1) is 13.2 Å². The molecule has 0 aliphatic carbocycles. The summed E-state index contributed by atoms with van der Waals surface area (Å²) >= 11 is 1.18. The Morgan fingerprint density at radius 3 is 2.84 bits per heavy atom. The van der Waals surface area contributed by atoms with Crippen molar-refractivity contribution in [2.75, 3.05) is 7.11 Å². The number of nitrogens with one attached hydrogen (secondary N) is 1. The average molecular weight is 284 g/mol. The fraction of sp³-hybridized carbons (Fsp3) is 0.364. The monoisotopic (exact) mass is 284 g/mol. The Labute approximate surface area is 113 Å². The molecule has 19 heavy (non-hydrogen) atoms. The summed E-state index contributed by atoms with van der Waals surface area (Å²) in [5.74, 6) is -1.26. The zero-order valence-electron chi connectivity index (χ0n) is 10.1. The zero-order chi connectivity index (χ0) is 14.0. The van der Waals surface area contributed by atoms with E-state index in [-0.39, 0.29) is 17.6 Å². The van der Waals surface area contributed by atoms with E-state index in [1.54, 1.807) is 5.41 Å². The fourth-order valence-corrected chi connectivity index (χ4v) is 2.89. The molecule has 2 amide bonds. The van der Waals surface area contributed by atoms with Crippen LogP contribution in [0.25, 0.3) is 0 Å². The predicted molar refractivity (Wildman–Crippen MR) is 66.8 cm³/mol. The van der Waals surface area contributed by atoms with Crippen LogP contribution in [0.5, 0.6) is 0 Å². The number of β-lactam (4-membered cyclic amide) rings is 1. The Balaban J connectivity index is 2.01. The minimum absolute atomic E-state index is 0.0249. The first-order valence-corrected chi connectivity index (χ1v) is 6.37. The molecule has 8 heteroatoms. The molecule has 0 spiro atoms. The number of aliphatic carboxylic acids is 1. The maximum absolute atomic E-state index is 11.4. The molecular formula is C11H12N2O5S. The van der Waals surface area contributed by atoms with Gasteiger partial charge in [-0.15, -0.1) is 0 Å². The first kappa shape index (κ1) is 13.5. The molecule has 0 radical (unpaired) electrons. The highest BCUT2D eigenvalue weighted by atomic mass is 32.2. The van der Waals surface area contributed by atoms with E-state index in [4.69, 9.17) is 5.11 Å². The minimum atomic E-state index is -1.10. The average Bonchev–Trinajstić information content (AvgIpc) is 2.67. The SMILES string of the molecule is COC(=O)N/C=C\SC1=C(C(=O)O)N2C(=O)CC2C1. The minimum Gasteiger partial charge on any atom is -0.477 e. The number of hydrogen-bond donors (Lipinski definition) is 2. The van der Waals surface area contributed by atoms with Gasteiger partial charge in [0.15, 0.2) is 0 Å². The predicted octanol–water partition coefficient (Wildman–Crippen LogP) is 0.848. The summed E-state index contributed by atoms with van der Waals surface area (Å²) < 4.78 is 4.37. The van der Waals surface area contributed by atoms with Crippen molar-refractivity contribution in [2.24, 2.45) is 0 Å². The van der Waals surface area contributed by atoms with Crippen molar-refractivity contribution < 1.29 is 24.2 Å². The molecule has 0 bridgehead atoms. The van der Waals surface area contributed by atoms with Crippen molar-refractivity contribution >= 4 is 29.7 Å². The van der Waals surface area contributed by atoms with Crippen LogP contribution in [0, 0.1) is 0 Å². The molecule has 0 aromatic carbocycles. The van der Waals surface area contributed by atoms with Crippen LogP contribution in [0.4, 0.5) is 4.79 Å². The Morgan fingerprint density at radius 1 is 1.53 bits per heavy atom. The lowest BCUT2D eigenvalue weighted by Crippen LogP contribution is -2.49. The van der Waals surface area contributed by atoms with Gasteiger partial charge in [0.1, 0.15) is 5.70 Å². The standard InChI is InChI=1S/C11H12N2O5S/c1-18-11(17)12-2-3-19-7-4-6-5-8(14)13(6)9(7)10(15)16/h2-3,6H,4-5H2,1H3,(H,12,17)(H,15,16)/b3-2-. The molecule has 1 fully saturated rings. The molecule has 1 saturated heterocycles. The second kappa shape index (κ2) is 5.35. The van der Waals surface area contributed by atoms with Crippen LogP contribution in [0.15, 0.2) is 22.2 Å². The largest absolute Gasteiger partial charge is 0.477 e. The topological polar surface area (TPSA) is 95.9 Å². The number of carbonyl (C=O) groups excluding carboxylic acids is 2. The number of carboxylic acid groups (broad SMARTS) is 1. The van der Waals surface area contributed by atoms with Crippen molar-refractivity contribution in [1.82, 2.24) is 10.2 Å². The maximum Gasteiger partial charge on any atom is 0.410 e. The Morgan fingerprint density at radius 2 is 2.26 bits per heavy atom. The number of carboxylic acids is 1. The van der Waals surface area contributed by atoms with Gasteiger partial charge in [-0.25, -0.2) is 9.59 Å². The normalized spacial score (nSPS) is 21.4. The number of alkyl carbamates (subject to hydrolysis) is 1. The van der Waals surface area contributed by atoms with Crippen molar-refractivity contribution in [3.05, 3.63) is 22.2 Å². The second-order valence-corrected chi connectivity index (χ2v) is 4.96. The molecule has 2 rings (SSSR count). The van der Waals surface area contributed by atoms with E-state index in [0.717, 1.165) is 0 Å². The van der Waals surface area contributed by atoms with Crippen LogP contribution in [0.1, 0.15) is 12.8 Å². The smallest absolute Gasteiger partial charge is 0.410 e. The van der Waals surface area contributed by atoms with Gasteiger partial charge < -0.3 is 14.7 Å².